The second-order valence-electron chi connectivity index (χ2n) is 7.21. The van der Waals surface area contributed by atoms with Crippen LogP contribution >= 0.6 is 34.8 Å². The summed E-state index contributed by atoms with van der Waals surface area (Å²) in [6, 6.07) is 8.45. The molecule has 0 aliphatic heterocycles. The van der Waals surface area contributed by atoms with Crippen molar-refractivity contribution in [1.82, 2.24) is 0 Å². The van der Waals surface area contributed by atoms with Crippen LogP contribution < -0.4 is 9.47 Å². The molecule has 0 aromatic heterocycles. The lowest BCUT2D eigenvalue weighted by Gasteiger charge is -2.16. The number of carbonyl (C=O) groups excluding carboxylic acids is 1. The summed E-state index contributed by atoms with van der Waals surface area (Å²) >= 11 is 18.3. The third kappa shape index (κ3) is 7.17. The molecule has 0 heterocycles. The van der Waals surface area contributed by atoms with Crippen molar-refractivity contribution in [3.8, 4) is 11.5 Å². The van der Waals surface area contributed by atoms with Gasteiger partial charge in [0.05, 0.1) is 32.3 Å². The van der Waals surface area contributed by atoms with Gasteiger partial charge in [-0.2, -0.15) is 0 Å². The Morgan fingerprint density at radius 3 is 2.09 bits per heavy atom. The van der Waals surface area contributed by atoms with Crippen molar-refractivity contribution in [1.29, 1.82) is 0 Å². The molecule has 32 heavy (non-hydrogen) atoms. The van der Waals surface area contributed by atoms with Crippen LogP contribution in [0.2, 0.25) is 10.0 Å². The van der Waals surface area contributed by atoms with Crippen molar-refractivity contribution in [2.45, 2.75) is 43.1 Å². The van der Waals surface area contributed by atoms with E-state index in [0.717, 1.165) is 6.42 Å². The number of hydrogen-bond donors (Lipinski definition) is 0. The van der Waals surface area contributed by atoms with E-state index in [1.807, 2.05) is 13.8 Å². The Labute approximate surface area is 203 Å². The molecule has 0 unspecified atom stereocenters. The van der Waals surface area contributed by atoms with E-state index >= 15 is 0 Å². The molecular formula is C22H25Cl3O6S. The molecule has 0 fully saturated rings. The number of carbonyl (C=O) groups is 1. The second-order valence-corrected chi connectivity index (χ2v) is 10.3. The van der Waals surface area contributed by atoms with Gasteiger partial charge in [0.25, 0.3) is 0 Å². The van der Waals surface area contributed by atoms with Crippen molar-refractivity contribution in [2.75, 3.05) is 19.1 Å². The Kier molecular flexibility index (Phi) is 9.95. The van der Waals surface area contributed by atoms with Crippen LogP contribution in [0.4, 0.5) is 0 Å². The van der Waals surface area contributed by atoms with Crippen molar-refractivity contribution in [2.24, 2.45) is 5.92 Å². The van der Waals surface area contributed by atoms with Crippen molar-refractivity contribution in [3.05, 3.63) is 46.4 Å². The molecule has 0 radical (unpaired) electrons. The topological polar surface area (TPSA) is 78.9 Å². The van der Waals surface area contributed by atoms with Gasteiger partial charge in [0.2, 0.25) is 9.84 Å². The monoisotopic (exact) mass is 522 g/mol. The van der Waals surface area contributed by atoms with E-state index in [9.17, 15) is 13.2 Å². The highest BCUT2D eigenvalue weighted by Gasteiger charge is 2.22. The van der Waals surface area contributed by atoms with Crippen molar-refractivity contribution < 1.29 is 27.4 Å². The lowest BCUT2D eigenvalue weighted by molar-refractivity contribution is -0.146. The zero-order valence-corrected chi connectivity index (χ0v) is 21.0. The molecule has 0 saturated carbocycles. The number of hydrogen-bond acceptors (Lipinski definition) is 6. The third-order valence-electron chi connectivity index (χ3n) is 4.57. The standard InChI is InChI=1S/C22H25Cl3O6S/c1-4-14(2)12-30-22-20(24)9-19(10-21(22)25)32(27,28)18-7-5-16(6-8-18)29-13-17(11-23)31-15(3)26/h5-10,14,17H,4,11-13H2,1-3H3/t14-,17+/m1/s1. The molecule has 2 atom stereocenters. The SMILES string of the molecule is CC[C@@H](C)COc1c(Cl)cc(S(=O)(=O)c2ccc(OC[C@H](CCl)OC(C)=O)cc2)cc1Cl. The molecule has 2 aromatic carbocycles. The molecular weight excluding hydrogens is 499 g/mol. The first-order valence-corrected chi connectivity index (χ1v) is 12.7. The first-order valence-electron chi connectivity index (χ1n) is 9.91. The van der Waals surface area contributed by atoms with Gasteiger partial charge < -0.3 is 14.2 Å². The number of alkyl halides is 1. The van der Waals surface area contributed by atoms with Gasteiger partial charge in [0.1, 0.15) is 18.5 Å². The highest BCUT2D eigenvalue weighted by atomic mass is 35.5. The van der Waals surface area contributed by atoms with E-state index in [1.54, 1.807) is 0 Å². The fourth-order valence-corrected chi connectivity index (χ4v) is 4.75. The highest BCUT2D eigenvalue weighted by Crippen LogP contribution is 2.37. The number of sulfone groups is 1. The molecule has 0 bridgehead atoms. The molecule has 6 nitrogen and oxygen atoms in total. The van der Waals surface area contributed by atoms with Gasteiger partial charge in [-0.15, -0.1) is 11.6 Å². The van der Waals surface area contributed by atoms with Gasteiger partial charge in [-0.1, -0.05) is 43.5 Å². The molecule has 0 spiro atoms. The summed E-state index contributed by atoms with van der Waals surface area (Å²) in [5.41, 5.74) is 0. The summed E-state index contributed by atoms with van der Waals surface area (Å²) < 4.78 is 42.3. The van der Waals surface area contributed by atoms with Crippen LogP contribution in [0.1, 0.15) is 27.2 Å². The summed E-state index contributed by atoms with van der Waals surface area (Å²) in [5.74, 6) is 0.577. The Balaban J connectivity index is 2.16. The van der Waals surface area contributed by atoms with Gasteiger partial charge in [-0.25, -0.2) is 8.42 Å². The van der Waals surface area contributed by atoms with Gasteiger partial charge in [-0.05, 0) is 42.3 Å². The Morgan fingerprint density at radius 2 is 1.59 bits per heavy atom. The zero-order chi connectivity index (χ0) is 23.9. The maximum absolute atomic E-state index is 13.0. The minimum Gasteiger partial charge on any atom is -0.490 e. The largest absolute Gasteiger partial charge is 0.490 e. The molecule has 10 heteroatoms. The molecule has 2 rings (SSSR count). The van der Waals surface area contributed by atoms with Gasteiger partial charge in [-0.3, -0.25) is 4.79 Å². The molecule has 0 amide bonds. The minimum absolute atomic E-state index is 0.0402. The first-order chi connectivity index (χ1) is 15.1. The van der Waals surface area contributed by atoms with Crippen LogP contribution in [0.5, 0.6) is 11.5 Å². The Hall–Kier alpha value is -1.67. The second kappa shape index (κ2) is 12.0. The first kappa shape index (κ1) is 26.6. The predicted octanol–water partition coefficient (Wildman–Crippen LogP) is 5.80. The molecule has 0 aliphatic carbocycles. The number of benzene rings is 2. The zero-order valence-electron chi connectivity index (χ0n) is 17.9. The average molecular weight is 524 g/mol. The van der Waals surface area contributed by atoms with Crippen LogP contribution in [0.15, 0.2) is 46.2 Å². The number of esters is 1. The van der Waals surface area contributed by atoms with E-state index in [0.29, 0.717) is 18.3 Å². The summed E-state index contributed by atoms with van der Waals surface area (Å²) in [6.07, 6.45) is 0.320. The lowest BCUT2D eigenvalue weighted by Crippen LogP contribution is -2.25. The molecule has 0 saturated heterocycles. The Morgan fingerprint density at radius 1 is 1.00 bits per heavy atom. The fraction of sp³-hybridized carbons (Fsp3) is 0.409. The van der Waals surface area contributed by atoms with E-state index in [-0.39, 0.29) is 38.1 Å². The predicted molar refractivity (Wildman–Crippen MR) is 125 cm³/mol. The van der Waals surface area contributed by atoms with Gasteiger partial charge in [0, 0.05) is 6.92 Å². The van der Waals surface area contributed by atoms with Crippen molar-refractivity contribution >= 4 is 50.6 Å². The summed E-state index contributed by atoms with van der Waals surface area (Å²) in [6.45, 7) is 5.81. The maximum Gasteiger partial charge on any atom is 0.303 e. The minimum atomic E-state index is -3.88. The maximum atomic E-state index is 13.0. The summed E-state index contributed by atoms with van der Waals surface area (Å²) in [5, 5.41) is 0.244. The van der Waals surface area contributed by atoms with Crippen LogP contribution in [0.3, 0.4) is 0 Å². The number of ether oxygens (including phenoxy) is 3. The van der Waals surface area contributed by atoms with E-state index in [2.05, 4.69) is 0 Å². The van der Waals surface area contributed by atoms with Crippen LogP contribution in [0, 0.1) is 5.92 Å². The van der Waals surface area contributed by atoms with E-state index in [1.165, 1.54) is 43.3 Å². The molecule has 0 N–H and O–H groups in total. The number of rotatable bonds is 11. The van der Waals surface area contributed by atoms with Gasteiger partial charge >= 0.3 is 5.97 Å². The highest BCUT2D eigenvalue weighted by molar-refractivity contribution is 7.91. The normalized spacial score (nSPS) is 13.3. The lowest BCUT2D eigenvalue weighted by atomic mass is 10.1. The average Bonchev–Trinajstić information content (AvgIpc) is 2.75. The van der Waals surface area contributed by atoms with Gasteiger partial charge in [0.15, 0.2) is 5.75 Å². The summed E-state index contributed by atoms with van der Waals surface area (Å²) in [4.78, 5) is 11.0. The molecule has 176 valence electrons. The summed E-state index contributed by atoms with van der Waals surface area (Å²) in [7, 11) is -3.88. The molecule has 0 aliphatic rings. The Bertz CT molecular complexity index is 1000. The van der Waals surface area contributed by atoms with E-state index in [4.69, 9.17) is 49.0 Å². The number of halogens is 3. The van der Waals surface area contributed by atoms with Crippen molar-refractivity contribution in [3.63, 3.8) is 0 Å². The fourth-order valence-electron chi connectivity index (χ4n) is 2.56. The molecule has 2 aromatic rings. The van der Waals surface area contributed by atoms with Crippen LogP contribution in [-0.2, 0) is 19.4 Å². The van der Waals surface area contributed by atoms with Crippen LogP contribution in [-0.4, -0.2) is 39.6 Å². The van der Waals surface area contributed by atoms with E-state index < -0.39 is 21.9 Å². The van der Waals surface area contributed by atoms with Crippen LogP contribution in [0.25, 0.3) is 0 Å². The quantitative estimate of drug-likeness (QED) is 0.273. The third-order valence-corrected chi connectivity index (χ3v) is 7.22. The smallest absolute Gasteiger partial charge is 0.303 e.